The van der Waals surface area contributed by atoms with Gasteiger partial charge in [-0.3, -0.25) is 9.69 Å². The van der Waals surface area contributed by atoms with Crippen LogP contribution in [0.3, 0.4) is 0 Å². The van der Waals surface area contributed by atoms with Crippen molar-refractivity contribution in [1.82, 2.24) is 15.5 Å². The topological polar surface area (TPSA) is 44.4 Å². The lowest BCUT2D eigenvalue weighted by Crippen LogP contribution is -2.38. The van der Waals surface area contributed by atoms with Gasteiger partial charge in [-0.25, -0.2) is 0 Å². The molecule has 2 aliphatic rings. The van der Waals surface area contributed by atoms with Crippen LogP contribution in [0.5, 0.6) is 0 Å². The summed E-state index contributed by atoms with van der Waals surface area (Å²) >= 11 is 1.80. The number of likely N-dealkylation sites (tertiary alicyclic amines) is 1. The summed E-state index contributed by atoms with van der Waals surface area (Å²) in [5.41, 5.74) is 0. The second-order valence-corrected chi connectivity index (χ2v) is 8.35. The lowest BCUT2D eigenvalue weighted by Gasteiger charge is -2.29. The summed E-state index contributed by atoms with van der Waals surface area (Å²) in [5.74, 6) is 1.33. The van der Waals surface area contributed by atoms with E-state index in [1.54, 1.807) is 11.3 Å². The molecule has 1 aromatic heterocycles. The Labute approximate surface area is 174 Å². The quantitative estimate of drug-likeness (QED) is 0.701. The van der Waals surface area contributed by atoms with Gasteiger partial charge < -0.3 is 10.6 Å². The van der Waals surface area contributed by atoms with Gasteiger partial charge >= 0.3 is 0 Å². The number of hydrogen-bond acceptors (Lipinski definition) is 4. The highest BCUT2D eigenvalue weighted by molar-refractivity contribution is 7.10. The molecule has 7 heteroatoms. The molecule has 0 aromatic carbocycles. The number of carbonyl (C=O) groups is 1. The SMILES string of the molecule is CC(CC(=O)NCC(c1cccs1)N1CCCC1)C1CCCNC1.Cl.Cl. The van der Waals surface area contributed by atoms with Gasteiger partial charge in [0.2, 0.25) is 5.91 Å². The Kier molecular flexibility index (Phi) is 11.1. The lowest BCUT2D eigenvalue weighted by molar-refractivity contribution is -0.122. The van der Waals surface area contributed by atoms with Crippen molar-refractivity contribution in [2.75, 3.05) is 32.7 Å². The Balaban J connectivity index is 0.00000169. The number of piperidine rings is 1. The number of hydrogen-bond donors (Lipinski definition) is 2. The van der Waals surface area contributed by atoms with E-state index in [0.29, 0.717) is 24.3 Å². The third kappa shape index (κ3) is 6.68. The molecule has 0 aliphatic carbocycles. The number of nitrogens with one attached hydrogen (secondary N) is 2. The zero-order chi connectivity index (χ0) is 16.8. The minimum atomic E-state index is 0. The highest BCUT2D eigenvalue weighted by atomic mass is 35.5. The molecule has 26 heavy (non-hydrogen) atoms. The van der Waals surface area contributed by atoms with Gasteiger partial charge in [0.1, 0.15) is 0 Å². The molecule has 0 bridgehead atoms. The molecular formula is C19H33Cl2N3OS. The van der Waals surface area contributed by atoms with E-state index in [2.05, 4.69) is 40.0 Å². The molecule has 2 fully saturated rings. The highest BCUT2D eigenvalue weighted by Crippen LogP contribution is 2.28. The second kappa shape index (κ2) is 12.2. The molecule has 3 atom stereocenters. The van der Waals surface area contributed by atoms with Crippen LogP contribution < -0.4 is 10.6 Å². The molecule has 2 aliphatic heterocycles. The zero-order valence-corrected chi connectivity index (χ0v) is 18.1. The van der Waals surface area contributed by atoms with Crippen molar-refractivity contribution in [1.29, 1.82) is 0 Å². The van der Waals surface area contributed by atoms with Crippen LogP contribution in [0.25, 0.3) is 0 Å². The van der Waals surface area contributed by atoms with E-state index in [-0.39, 0.29) is 30.7 Å². The van der Waals surface area contributed by atoms with Crippen molar-refractivity contribution in [3.63, 3.8) is 0 Å². The number of nitrogens with zero attached hydrogens (tertiary/aromatic N) is 1. The van der Waals surface area contributed by atoms with Crippen molar-refractivity contribution < 1.29 is 4.79 Å². The molecular weight excluding hydrogens is 389 g/mol. The first kappa shape index (κ1) is 23.7. The number of rotatable bonds is 7. The van der Waals surface area contributed by atoms with Crippen LogP contribution in [-0.2, 0) is 4.79 Å². The monoisotopic (exact) mass is 421 g/mol. The van der Waals surface area contributed by atoms with Crippen molar-refractivity contribution in [3.05, 3.63) is 22.4 Å². The van der Waals surface area contributed by atoms with E-state index >= 15 is 0 Å². The molecule has 3 unspecified atom stereocenters. The third-order valence-electron chi connectivity index (χ3n) is 5.59. The maximum atomic E-state index is 12.4. The summed E-state index contributed by atoms with van der Waals surface area (Å²) < 4.78 is 0. The maximum Gasteiger partial charge on any atom is 0.220 e. The molecule has 0 saturated carbocycles. The molecule has 4 nitrogen and oxygen atoms in total. The van der Waals surface area contributed by atoms with Crippen molar-refractivity contribution in [3.8, 4) is 0 Å². The van der Waals surface area contributed by atoms with Crippen LogP contribution >= 0.6 is 36.2 Å². The molecule has 2 N–H and O–H groups in total. The van der Waals surface area contributed by atoms with E-state index < -0.39 is 0 Å². The van der Waals surface area contributed by atoms with Crippen LogP contribution in [0.2, 0.25) is 0 Å². The first-order valence-electron chi connectivity index (χ1n) is 9.49. The van der Waals surface area contributed by atoms with Crippen molar-refractivity contribution in [2.24, 2.45) is 11.8 Å². The average Bonchev–Trinajstić information content (AvgIpc) is 3.30. The van der Waals surface area contributed by atoms with E-state index in [0.717, 1.165) is 32.7 Å². The molecule has 3 heterocycles. The molecule has 2 saturated heterocycles. The average molecular weight is 422 g/mol. The smallest absolute Gasteiger partial charge is 0.220 e. The standard InChI is InChI=1S/C19H31N3OS.2ClH/c1-15(16-6-4-8-20-13-16)12-19(23)21-14-17(18-7-5-11-24-18)22-9-2-3-10-22;;/h5,7,11,15-17,20H,2-4,6,8-10,12-14H2,1H3,(H,21,23);2*1H. The number of carbonyl (C=O) groups excluding carboxylic acids is 1. The number of halogens is 2. The Morgan fingerprint density at radius 3 is 2.73 bits per heavy atom. The summed E-state index contributed by atoms with van der Waals surface area (Å²) in [5, 5.41) is 8.82. The Morgan fingerprint density at radius 2 is 2.12 bits per heavy atom. The van der Waals surface area contributed by atoms with Crippen LogP contribution in [-0.4, -0.2) is 43.5 Å². The normalized spacial score (nSPS) is 22.7. The molecule has 1 amide bonds. The fraction of sp³-hybridized carbons (Fsp3) is 0.737. The number of amides is 1. The Hall–Kier alpha value is -0.330. The predicted molar refractivity (Wildman–Crippen MR) is 115 cm³/mol. The molecule has 0 spiro atoms. The van der Waals surface area contributed by atoms with Gasteiger partial charge in [-0.05, 0) is 75.1 Å². The van der Waals surface area contributed by atoms with Crippen LogP contribution in [0.15, 0.2) is 17.5 Å². The molecule has 150 valence electrons. The van der Waals surface area contributed by atoms with Gasteiger partial charge in [0, 0.05) is 17.8 Å². The lowest BCUT2D eigenvalue weighted by atomic mass is 9.85. The van der Waals surface area contributed by atoms with Crippen LogP contribution in [0.4, 0.5) is 0 Å². The van der Waals surface area contributed by atoms with Gasteiger partial charge in [-0.2, -0.15) is 0 Å². The molecule has 3 rings (SSSR count). The summed E-state index contributed by atoms with van der Waals surface area (Å²) in [4.78, 5) is 16.3. The Morgan fingerprint density at radius 1 is 1.35 bits per heavy atom. The molecule has 1 aromatic rings. The second-order valence-electron chi connectivity index (χ2n) is 7.37. The van der Waals surface area contributed by atoms with Gasteiger partial charge in [0.25, 0.3) is 0 Å². The van der Waals surface area contributed by atoms with Crippen LogP contribution in [0, 0.1) is 11.8 Å². The first-order chi connectivity index (χ1) is 11.7. The van der Waals surface area contributed by atoms with Gasteiger partial charge in [0.15, 0.2) is 0 Å². The fourth-order valence-electron chi connectivity index (χ4n) is 4.05. The van der Waals surface area contributed by atoms with Gasteiger partial charge in [-0.1, -0.05) is 13.0 Å². The largest absolute Gasteiger partial charge is 0.354 e. The highest BCUT2D eigenvalue weighted by Gasteiger charge is 2.26. The van der Waals surface area contributed by atoms with Gasteiger partial charge in [0.05, 0.1) is 6.04 Å². The number of thiophene rings is 1. The summed E-state index contributed by atoms with van der Waals surface area (Å²) in [6.07, 6.45) is 5.71. The maximum absolute atomic E-state index is 12.4. The fourth-order valence-corrected chi connectivity index (χ4v) is 4.91. The third-order valence-corrected chi connectivity index (χ3v) is 6.57. The minimum absolute atomic E-state index is 0. The zero-order valence-electron chi connectivity index (χ0n) is 15.6. The van der Waals surface area contributed by atoms with Crippen molar-refractivity contribution >= 4 is 42.1 Å². The molecule has 0 radical (unpaired) electrons. The van der Waals surface area contributed by atoms with E-state index in [9.17, 15) is 4.79 Å². The Bertz CT molecular complexity index is 503. The summed E-state index contributed by atoms with van der Waals surface area (Å²) in [6.45, 7) is 7.49. The summed E-state index contributed by atoms with van der Waals surface area (Å²) in [6, 6.07) is 4.67. The van der Waals surface area contributed by atoms with Crippen molar-refractivity contribution in [2.45, 2.75) is 45.1 Å². The predicted octanol–water partition coefficient (Wildman–Crippen LogP) is 3.87. The minimum Gasteiger partial charge on any atom is -0.354 e. The van der Waals surface area contributed by atoms with E-state index in [1.165, 1.54) is 30.6 Å². The van der Waals surface area contributed by atoms with Crippen LogP contribution in [0.1, 0.15) is 49.9 Å². The van der Waals surface area contributed by atoms with E-state index in [1.807, 2.05) is 0 Å². The first-order valence-corrected chi connectivity index (χ1v) is 10.4. The summed E-state index contributed by atoms with van der Waals surface area (Å²) in [7, 11) is 0. The van der Waals surface area contributed by atoms with Gasteiger partial charge in [-0.15, -0.1) is 36.2 Å². The van der Waals surface area contributed by atoms with E-state index in [4.69, 9.17) is 0 Å².